The number of rotatable bonds is 7. The molecule has 3 aromatic rings. The van der Waals surface area contributed by atoms with E-state index in [0.717, 1.165) is 5.56 Å². The summed E-state index contributed by atoms with van der Waals surface area (Å²) in [6.07, 6.45) is 0.0859. The van der Waals surface area contributed by atoms with Gasteiger partial charge in [-0.05, 0) is 35.9 Å². The van der Waals surface area contributed by atoms with Gasteiger partial charge in [0.05, 0.1) is 19.4 Å². The number of nitrogens with zero attached hydrogens (tertiary/aromatic N) is 2. The van der Waals surface area contributed by atoms with E-state index in [0.29, 0.717) is 42.1 Å². The van der Waals surface area contributed by atoms with Crippen LogP contribution in [-0.4, -0.2) is 36.3 Å². The van der Waals surface area contributed by atoms with Crippen molar-refractivity contribution in [3.05, 3.63) is 101 Å². The van der Waals surface area contributed by atoms with Crippen LogP contribution in [0, 0.1) is 5.82 Å². The summed E-state index contributed by atoms with van der Waals surface area (Å²) < 4.78 is 19.3. The molecular weight excluding hydrogens is 395 g/mol. The quantitative estimate of drug-likeness (QED) is 0.560. The Morgan fingerprint density at radius 2 is 1.77 bits per heavy atom. The molecular formula is C25H23FN2O3. The van der Waals surface area contributed by atoms with Gasteiger partial charge in [0.2, 0.25) is 0 Å². The molecule has 1 heterocycles. The third kappa shape index (κ3) is 4.91. The predicted molar refractivity (Wildman–Crippen MR) is 117 cm³/mol. The molecule has 0 saturated carbocycles. The fourth-order valence-corrected chi connectivity index (χ4v) is 3.57. The number of carbonyl (C=O) groups excluding carboxylic acids is 1. The number of hydrogen-bond acceptors (Lipinski definition) is 4. The summed E-state index contributed by atoms with van der Waals surface area (Å²) in [4.78, 5) is 20.6. The van der Waals surface area contributed by atoms with Gasteiger partial charge in [-0.2, -0.15) is 0 Å². The van der Waals surface area contributed by atoms with Crippen molar-refractivity contribution < 1.29 is 18.8 Å². The van der Waals surface area contributed by atoms with Crippen LogP contribution in [0.4, 0.5) is 4.39 Å². The monoisotopic (exact) mass is 418 g/mol. The lowest BCUT2D eigenvalue weighted by Crippen LogP contribution is -2.37. The van der Waals surface area contributed by atoms with Crippen molar-refractivity contribution in [2.24, 2.45) is 5.16 Å². The van der Waals surface area contributed by atoms with Crippen LogP contribution < -0.4 is 4.74 Å². The Kier molecular flexibility index (Phi) is 6.26. The van der Waals surface area contributed by atoms with Gasteiger partial charge in [-0.15, -0.1) is 0 Å². The van der Waals surface area contributed by atoms with Crippen molar-refractivity contribution in [2.75, 3.05) is 13.7 Å². The van der Waals surface area contributed by atoms with Gasteiger partial charge >= 0.3 is 0 Å². The van der Waals surface area contributed by atoms with E-state index in [-0.39, 0.29) is 17.8 Å². The molecule has 3 aromatic carbocycles. The van der Waals surface area contributed by atoms with E-state index < -0.39 is 0 Å². The molecule has 0 aliphatic carbocycles. The van der Waals surface area contributed by atoms with E-state index in [1.165, 1.54) is 6.07 Å². The van der Waals surface area contributed by atoms with Crippen LogP contribution >= 0.6 is 0 Å². The first-order valence-electron chi connectivity index (χ1n) is 10.1. The van der Waals surface area contributed by atoms with Gasteiger partial charge in [-0.3, -0.25) is 4.79 Å². The van der Waals surface area contributed by atoms with Crippen LogP contribution in [0.1, 0.15) is 27.9 Å². The highest BCUT2D eigenvalue weighted by atomic mass is 19.1. The summed E-state index contributed by atoms with van der Waals surface area (Å²) >= 11 is 0. The second-order valence-electron chi connectivity index (χ2n) is 7.35. The van der Waals surface area contributed by atoms with Crippen molar-refractivity contribution >= 4 is 11.6 Å². The third-order valence-corrected chi connectivity index (χ3v) is 5.18. The molecule has 0 N–H and O–H groups in total. The fourth-order valence-electron chi connectivity index (χ4n) is 3.57. The lowest BCUT2D eigenvalue weighted by atomic mass is 10.0. The van der Waals surface area contributed by atoms with Crippen molar-refractivity contribution in [2.45, 2.75) is 19.1 Å². The Morgan fingerprint density at radius 1 is 1.06 bits per heavy atom. The topological polar surface area (TPSA) is 51.1 Å². The Morgan fingerprint density at radius 3 is 2.48 bits per heavy atom. The second-order valence-corrected chi connectivity index (χ2v) is 7.35. The number of carbonyl (C=O) groups is 1. The van der Waals surface area contributed by atoms with Gasteiger partial charge in [-0.25, -0.2) is 4.39 Å². The van der Waals surface area contributed by atoms with E-state index in [4.69, 9.17) is 9.57 Å². The Balaban J connectivity index is 1.51. The van der Waals surface area contributed by atoms with Crippen molar-refractivity contribution in [1.82, 2.24) is 4.90 Å². The number of hydrogen-bond donors (Lipinski definition) is 0. The van der Waals surface area contributed by atoms with Gasteiger partial charge in [0.1, 0.15) is 11.6 Å². The Labute approximate surface area is 180 Å². The first kappa shape index (κ1) is 20.6. The van der Waals surface area contributed by atoms with Gasteiger partial charge < -0.3 is 14.5 Å². The molecule has 1 amide bonds. The molecule has 1 atom stereocenters. The van der Waals surface area contributed by atoms with E-state index >= 15 is 0 Å². The van der Waals surface area contributed by atoms with Crippen LogP contribution in [-0.2, 0) is 11.4 Å². The highest BCUT2D eigenvalue weighted by Gasteiger charge is 2.28. The first-order valence-corrected chi connectivity index (χ1v) is 10.1. The second kappa shape index (κ2) is 9.43. The lowest BCUT2D eigenvalue weighted by Gasteiger charge is -2.25. The Bertz CT molecular complexity index is 1070. The minimum absolute atomic E-state index is 0.116. The minimum atomic E-state index is -0.347. The predicted octanol–water partition coefficient (Wildman–Crippen LogP) is 4.67. The maximum Gasteiger partial charge on any atom is 0.254 e. The van der Waals surface area contributed by atoms with Gasteiger partial charge in [0.25, 0.3) is 5.91 Å². The van der Waals surface area contributed by atoms with Crippen LogP contribution in [0.3, 0.4) is 0 Å². The van der Waals surface area contributed by atoms with Gasteiger partial charge in [-0.1, -0.05) is 53.7 Å². The van der Waals surface area contributed by atoms with E-state index in [2.05, 4.69) is 5.16 Å². The average Bonchev–Trinajstić information content (AvgIpc) is 3.27. The molecule has 0 aromatic heterocycles. The smallest absolute Gasteiger partial charge is 0.254 e. The van der Waals surface area contributed by atoms with Crippen molar-refractivity contribution in [1.29, 1.82) is 0 Å². The van der Waals surface area contributed by atoms with E-state index in [9.17, 15) is 9.18 Å². The summed E-state index contributed by atoms with van der Waals surface area (Å²) in [5.74, 6) is 0.239. The molecule has 0 saturated heterocycles. The first-order chi connectivity index (χ1) is 15.1. The van der Waals surface area contributed by atoms with Crippen molar-refractivity contribution in [3.63, 3.8) is 0 Å². The zero-order valence-corrected chi connectivity index (χ0v) is 17.2. The van der Waals surface area contributed by atoms with E-state index in [1.807, 2.05) is 30.3 Å². The Hall–Kier alpha value is -3.67. The number of oxime groups is 1. The number of halogens is 1. The molecule has 158 valence electrons. The molecule has 0 fully saturated rings. The number of benzene rings is 3. The zero-order chi connectivity index (χ0) is 21.6. The fraction of sp³-hybridized carbons (Fsp3) is 0.200. The molecule has 31 heavy (non-hydrogen) atoms. The highest BCUT2D eigenvalue weighted by molar-refractivity contribution is 6.01. The highest BCUT2D eigenvalue weighted by Crippen LogP contribution is 2.22. The van der Waals surface area contributed by atoms with Crippen LogP contribution in [0.25, 0.3) is 0 Å². The molecule has 1 aliphatic rings. The van der Waals surface area contributed by atoms with Crippen molar-refractivity contribution in [3.8, 4) is 5.75 Å². The summed E-state index contributed by atoms with van der Waals surface area (Å²) in [7, 11) is 1.59. The molecule has 0 unspecified atom stereocenters. The maximum absolute atomic E-state index is 14.1. The average molecular weight is 418 g/mol. The third-order valence-electron chi connectivity index (χ3n) is 5.18. The normalized spacial score (nSPS) is 15.2. The summed E-state index contributed by atoms with van der Waals surface area (Å²) in [5.41, 5.74) is 2.56. The zero-order valence-electron chi connectivity index (χ0n) is 17.2. The lowest BCUT2D eigenvalue weighted by molar-refractivity contribution is 0.0405. The molecule has 0 bridgehead atoms. The number of ether oxygens (including phenoxy) is 1. The summed E-state index contributed by atoms with van der Waals surface area (Å²) in [6, 6.07) is 23.3. The van der Waals surface area contributed by atoms with Crippen LogP contribution in [0.15, 0.2) is 84.0 Å². The SMILES string of the molecule is COc1ccc(C(=O)N(Cc2ccccc2)C[C@H]2CC(c3ccccc3F)=NO2)cc1. The molecule has 5 nitrogen and oxygen atoms in total. The molecule has 1 aliphatic heterocycles. The van der Waals surface area contributed by atoms with Crippen LogP contribution in [0.5, 0.6) is 5.75 Å². The largest absolute Gasteiger partial charge is 0.497 e. The standard InChI is InChI=1S/C25H23FN2O3/c1-30-20-13-11-19(12-14-20)25(29)28(16-18-7-3-2-4-8-18)17-21-15-24(27-31-21)22-9-5-6-10-23(22)26/h2-14,21H,15-17H2,1H3/t21-/m1/s1. The van der Waals surface area contributed by atoms with E-state index in [1.54, 1.807) is 54.5 Å². The number of amides is 1. The summed E-state index contributed by atoms with van der Waals surface area (Å²) in [5, 5.41) is 4.09. The van der Waals surface area contributed by atoms with Crippen LogP contribution in [0.2, 0.25) is 0 Å². The summed E-state index contributed by atoms with van der Waals surface area (Å²) in [6.45, 7) is 0.766. The molecule has 0 radical (unpaired) electrons. The molecule has 6 heteroatoms. The minimum Gasteiger partial charge on any atom is -0.497 e. The molecule has 0 spiro atoms. The number of methoxy groups -OCH3 is 1. The maximum atomic E-state index is 14.1. The van der Waals surface area contributed by atoms with Gasteiger partial charge in [0, 0.05) is 24.1 Å². The van der Waals surface area contributed by atoms with Gasteiger partial charge in [0.15, 0.2) is 6.10 Å². The molecule has 4 rings (SSSR count).